The van der Waals surface area contributed by atoms with Gasteiger partial charge in [0.05, 0.1) is 12.2 Å². The SMILES string of the molecule is C=C(CO)c1ccc(C(=O)OC(C)(C)C)cc1. The van der Waals surface area contributed by atoms with Crippen molar-refractivity contribution in [2.24, 2.45) is 0 Å². The minimum Gasteiger partial charge on any atom is -0.456 e. The van der Waals surface area contributed by atoms with E-state index in [4.69, 9.17) is 9.84 Å². The first kappa shape index (κ1) is 13.5. The summed E-state index contributed by atoms with van der Waals surface area (Å²) in [6.45, 7) is 9.10. The average Bonchev–Trinajstić information content (AvgIpc) is 2.26. The molecule has 0 spiro atoms. The van der Waals surface area contributed by atoms with Gasteiger partial charge in [0, 0.05) is 0 Å². The van der Waals surface area contributed by atoms with Gasteiger partial charge in [0.15, 0.2) is 0 Å². The lowest BCUT2D eigenvalue weighted by molar-refractivity contribution is 0.00695. The van der Waals surface area contributed by atoms with Crippen LogP contribution < -0.4 is 0 Å². The molecule has 0 atom stereocenters. The Bertz CT molecular complexity index is 410. The van der Waals surface area contributed by atoms with Gasteiger partial charge in [-0.3, -0.25) is 0 Å². The summed E-state index contributed by atoms with van der Waals surface area (Å²) in [5, 5.41) is 8.93. The second-order valence-electron chi connectivity index (χ2n) is 4.84. The molecule has 3 nitrogen and oxygen atoms in total. The molecule has 17 heavy (non-hydrogen) atoms. The summed E-state index contributed by atoms with van der Waals surface area (Å²) in [6.07, 6.45) is 0. The van der Waals surface area contributed by atoms with Crippen molar-refractivity contribution in [2.75, 3.05) is 6.61 Å². The van der Waals surface area contributed by atoms with Crippen molar-refractivity contribution in [3.63, 3.8) is 0 Å². The maximum Gasteiger partial charge on any atom is 0.338 e. The molecule has 92 valence electrons. The van der Waals surface area contributed by atoms with Gasteiger partial charge in [0.25, 0.3) is 0 Å². The van der Waals surface area contributed by atoms with Gasteiger partial charge in [-0.2, -0.15) is 0 Å². The summed E-state index contributed by atoms with van der Waals surface area (Å²) in [5.74, 6) is -0.348. The van der Waals surface area contributed by atoms with Crippen molar-refractivity contribution in [1.82, 2.24) is 0 Å². The first-order chi connectivity index (χ1) is 7.83. The van der Waals surface area contributed by atoms with E-state index in [1.165, 1.54) is 0 Å². The standard InChI is InChI=1S/C14H18O3/c1-10(9-15)11-5-7-12(8-6-11)13(16)17-14(2,3)4/h5-8,15H,1,9H2,2-4H3. The van der Waals surface area contributed by atoms with E-state index in [9.17, 15) is 4.79 Å². The Labute approximate surface area is 102 Å². The molecule has 0 amide bonds. The van der Waals surface area contributed by atoms with Gasteiger partial charge < -0.3 is 9.84 Å². The highest BCUT2D eigenvalue weighted by molar-refractivity contribution is 5.90. The van der Waals surface area contributed by atoms with E-state index in [2.05, 4.69) is 6.58 Å². The molecular weight excluding hydrogens is 216 g/mol. The first-order valence-electron chi connectivity index (χ1n) is 5.46. The second-order valence-corrected chi connectivity index (χ2v) is 4.84. The minimum absolute atomic E-state index is 0.0915. The molecule has 0 fully saturated rings. The third-order valence-corrected chi connectivity index (χ3v) is 2.12. The summed E-state index contributed by atoms with van der Waals surface area (Å²) in [5.41, 5.74) is 1.44. The average molecular weight is 234 g/mol. The second kappa shape index (κ2) is 5.15. The van der Waals surface area contributed by atoms with E-state index in [1.54, 1.807) is 24.3 Å². The Balaban J connectivity index is 2.81. The number of aliphatic hydroxyl groups is 1. The van der Waals surface area contributed by atoms with E-state index in [0.717, 1.165) is 5.56 Å². The highest BCUT2D eigenvalue weighted by atomic mass is 16.6. The van der Waals surface area contributed by atoms with Crippen LogP contribution in [0.2, 0.25) is 0 Å². The fourth-order valence-corrected chi connectivity index (χ4v) is 1.27. The monoisotopic (exact) mass is 234 g/mol. The Morgan fingerprint density at radius 3 is 2.12 bits per heavy atom. The normalized spacial score (nSPS) is 11.1. The van der Waals surface area contributed by atoms with E-state index in [1.807, 2.05) is 20.8 Å². The first-order valence-corrected chi connectivity index (χ1v) is 5.46. The van der Waals surface area contributed by atoms with Crippen molar-refractivity contribution in [1.29, 1.82) is 0 Å². The largest absolute Gasteiger partial charge is 0.456 e. The molecule has 0 aromatic heterocycles. The predicted octanol–water partition coefficient (Wildman–Crippen LogP) is 2.65. The van der Waals surface area contributed by atoms with Crippen LogP contribution in [-0.2, 0) is 4.74 Å². The maximum absolute atomic E-state index is 11.7. The zero-order valence-corrected chi connectivity index (χ0v) is 10.5. The van der Waals surface area contributed by atoms with Crippen molar-refractivity contribution >= 4 is 11.5 Å². The van der Waals surface area contributed by atoms with Crippen LogP contribution >= 0.6 is 0 Å². The van der Waals surface area contributed by atoms with Crippen LogP contribution in [0, 0.1) is 0 Å². The van der Waals surface area contributed by atoms with E-state index >= 15 is 0 Å². The smallest absolute Gasteiger partial charge is 0.338 e. The minimum atomic E-state index is -0.496. The van der Waals surface area contributed by atoms with E-state index in [0.29, 0.717) is 11.1 Å². The van der Waals surface area contributed by atoms with Crippen LogP contribution in [0.3, 0.4) is 0 Å². The molecule has 0 bridgehead atoms. The van der Waals surface area contributed by atoms with Gasteiger partial charge in [0.1, 0.15) is 5.60 Å². The zero-order valence-electron chi connectivity index (χ0n) is 10.5. The third kappa shape index (κ3) is 4.04. The zero-order chi connectivity index (χ0) is 13.1. The number of carbonyl (C=O) groups excluding carboxylic acids is 1. The fraction of sp³-hybridized carbons (Fsp3) is 0.357. The maximum atomic E-state index is 11.7. The molecule has 0 saturated carbocycles. The summed E-state index contributed by atoms with van der Waals surface area (Å²) in [6, 6.07) is 6.84. The lowest BCUT2D eigenvalue weighted by Crippen LogP contribution is -2.23. The predicted molar refractivity (Wildman–Crippen MR) is 67.7 cm³/mol. The molecule has 0 aliphatic carbocycles. The van der Waals surface area contributed by atoms with Gasteiger partial charge in [-0.05, 0) is 44.0 Å². The summed E-state index contributed by atoms with van der Waals surface area (Å²) < 4.78 is 5.24. The van der Waals surface area contributed by atoms with Crippen LogP contribution in [0.15, 0.2) is 30.8 Å². The molecule has 1 aromatic rings. The van der Waals surface area contributed by atoms with Crippen molar-refractivity contribution < 1.29 is 14.6 Å². The number of hydrogen-bond donors (Lipinski definition) is 1. The molecule has 0 unspecified atom stereocenters. The van der Waals surface area contributed by atoms with Gasteiger partial charge in [0.2, 0.25) is 0 Å². The Morgan fingerprint density at radius 1 is 1.24 bits per heavy atom. The number of aliphatic hydroxyl groups excluding tert-OH is 1. The lowest BCUT2D eigenvalue weighted by Gasteiger charge is -2.19. The highest BCUT2D eigenvalue weighted by Crippen LogP contribution is 2.15. The van der Waals surface area contributed by atoms with Crippen LogP contribution in [0.4, 0.5) is 0 Å². The van der Waals surface area contributed by atoms with Gasteiger partial charge >= 0.3 is 5.97 Å². The van der Waals surface area contributed by atoms with Gasteiger partial charge in [-0.15, -0.1) is 0 Å². The van der Waals surface area contributed by atoms with Crippen molar-refractivity contribution in [2.45, 2.75) is 26.4 Å². The van der Waals surface area contributed by atoms with Crippen LogP contribution in [0.5, 0.6) is 0 Å². The van der Waals surface area contributed by atoms with E-state index < -0.39 is 5.60 Å². The Kier molecular flexibility index (Phi) is 4.07. The van der Waals surface area contributed by atoms with Crippen molar-refractivity contribution in [3.8, 4) is 0 Å². The number of hydrogen-bond acceptors (Lipinski definition) is 3. The third-order valence-electron chi connectivity index (χ3n) is 2.12. The molecule has 1 aromatic carbocycles. The van der Waals surface area contributed by atoms with Crippen LogP contribution in [0.25, 0.3) is 5.57 Å². The molecule has 0 heterocycles. The van der Waals surface area contributed by atoms with Crippen LogP contribution in [-0.4, -0.2) is 23.3 Å². The van der Waals surface area contributed by atoms with Gasteiger partial charge in [-0.1, -0.05) is 18.7 Å². The molecular formula is C14H18O3. The molecule has 3 heteroatoms. The van der Waals surface area contributed by atoms with Crippen molar-refractivity contribution in [3.05, 3.63) is 42.0 Å². The molecule has 0 aliphatic rings. The van der Waals surface area contributed by atoms with Crippen LogP contribution in [0.1, 0.15) is 36.7 Å². The van der Waals surface area contributed by atoms with Gasteiger partial charge in [-0.25, -0.2) is 4.79 Å². The van der Waals surface area contributed by atoms with E-state index in [-0.39, 0.29) is 12.6 Å². The molecule has 1 rings (SSSR count). The topological polar surface area (TPSA) is 46.5 Å². The summed E-state index contributed by atoms with van der Waals surface area (Å²) in [7, 11) is 0. The highest BCUT2D eigenvalue weighted by Gasteiger charge is 2.17. The number of carbonyl (C=O) groups is 1. The summed E-state index contributed by atoms with van der Waals surface area (Å²) >= 11 is 0. The Hall–Kier alpha value is -1.61. The molecule has 0 saturated heterocycles. The molecule has 0 radical (unpaired) electrons. The number of benzene rings is 1. The molecule has 1 N–H and O–H groups in total. The number of esters is 1. The lowest BCUT2D eigenvalue weighted by atomic mass is 10.1. The summed E-state index contributed by atoms with van der Waals surface area (Å²) in [4.78, 5) is 11.7. The number of ether oxygens (including phenoxy) is 1. The Morgan fingerprint density at radius 2 is 1.71 bits per heavy atom. The molecule has 0 aliphatic heterocycles. The quantitative estimate of drug-likeness (QED) is 0.818. The number of rotatable bonds is 3. The fourth-order valence-electron chi connectivity index (χ4n) is 1.27.